The summed E-state index contributed by atoms with van der Waals surface area (Å²) in [5.74, 6) is -0.559. The fourth-order valence-corrected chi connectivity index (χ4v) is 3.99. The SMILES string of the molecule is O=C(NN=Cc1sc(N2CCOCC2)nc1-c1ccccc1)c1ccccc1O. The molecule has 0 bridgehead atoms. The standard InChI is InChI=1S/C21H20N4O3S/c26-17-9-5-4-8-16(17)20(27)24-22-14-18-19(15-6-2-1-3-7-15)23-21(29-18)25-10-12-28-13-11-25/h1-9,14,26H,10-13H2,(H,24,27). The molecule has 0 unspecified atom stereocenters. The molecule has 1 aliphatic rings. The second kappa shape index (κ2) is 8.85. The molecular weight excluding hydrogens is 388 g/mol. The van der Waals surface area contributed by atoms with Crippen LogP contribution in [0.4, 0.5) is 5.13 Å². The lowest BCUT2D eigenvalue weighted by molar-refractivity contribution is 0.0952. The van der Waals surface area contributed by atoms with Crippen LogP contribution in [0.1, 0.15) is 15.2 Å². The highest BCUT2D eigenvalue weighted by Gasteiger charge is 2.19. The summed E-state index contributed by atoms with van der Waals surface area (Å²) in [5.41, 5.74) is 4.44. The van der Waals surface area contributed by atoms with Crippen molar-refractivity contribution in [3.05, 3.63) is 65.0 Å². The number of phenols is 1. The van der Waals surface area contributed by atoms with E-state index in [1.165, 1.54) is 17.4 Å². The molecular formula is C21H20N4O3S. The van der Waals surface area contributed by atoms with E-state index in [1.54, 1.807) is 24.4 Å². The fourth-order valence-electron chi connectivity index (χ4n) is 2.98. The Kier molecular flexibility index (Phi) is 5.83. The second-order valence-electron chi connectivity index (χ2n) is 6.39. The van der Waals surface area contributed by atoms with Crippen LogP contribution in [0.2, 0.25) is 0 Å². The zero-order valence-electron chi connectivity index (χ0n) is 15.6. The normalized spacial score (nSPS) is 14.3. The number of nitrogens with one attached hydrogen (secondary N) is 1. The van der Waals surface area contributed by atoms with Crippen LogP contribution in [0.15, 0.2) is 59.7 Å². The largest absolute Gasteiger partial charge is 0.507 e. The minimum atomic E-state index is -0.474. The van der Waals surface area contributed by atoms with Gasteiger partial charge in [-0.05, 0) is 12.1 Å². The van der Waals surface area contributed by atoms with Crippen LogP contribution in [-0.2, 0) is 4.74 Å². The van der Waals surface area contributed by atoms with Crippen LogP contribution in [0.25, 0.3) is 11.3 Å². The van der Waals surface area contributed by atoms with Gasteiger partial charge in [0.15, 0.2) is 5.13 Å². The van der Waals surface area contributed by atoms with Crippen LogP contribution in [0.3, 0.4) is 0 Å². The summed E-state index contributed by atoms with van der Waals surface area (Å²) in [6.07, 6.45) is 1.60. The Morgan fingerprint density at radius 3 is 2.62 bits per heavy atom. The number of amides is 1. The van der Waals surface area contributed by atoms with E-state index in [1.807, 2.05) is 30.3 Å². The van der Waals surface area contributed by atoms with E-state index in [2.05, 4.69) is 15.4 Å². The fraction of sp³-hybridized carbons (Fsp3) is 0.190. The van der Waals surface area contributed by atoms with Crippen molar-refractivity contribution < 1.29 is 14.6 Å². The summed E-state index contributed by atoms with van der Waals surface area (Å²) >= 11 is 1.52. The molecule has 0 atom stereocenters. The lowest BCUT2D eigenvalue weighted by Gasteiger charge is -2.26. The average Bonchev–Trinajstić information content (AvgIpc) is 3.19. The maximum Gasteiger partial charge on any atom is 0.275 e. The first-order chi connectivity index (χ1) is 14.2. The number of ether oxygens (including phenoxy) is 1. The summed E-state index contributed by atoms with van der Waals surface area (Å²) in [7, 11) is 0. The van der Waals surface area contributed by atoms with Gasteiger partial charge < -0.3 is 14.7 Å². The van der Waals surface area contributed by atoms with Crippen molar-refractivity contribution in [2.45, 2.75) is 0 Å². The number of rotatable bonds is 5. The van der Waals surface area contributed by atoms with Crippen LogP contribution >= 0.6 is 11.3 Å². The van der Waals surface area contributed by atoms with E-state index in [0.717, 1.165) is 34.4 Å². The van der Waals surface area contributed by atoms with Crippen molar-refractivity contribution >= 4 is 28.6 Å². The van der Waals surface area contributed by atoms with Crippen LogP contribution in [0.5, 0.6) is 5.75 Å². The number of phenolic OH excluding ortho intramolecular Hbond substituents is 1. The molecule has 1 amide bonds. The third-order valence-electron chi connectivity index (χ3n) is 4.47. The smallest absolute Gasteiger partial charge is 0.275 e. The molecule has 4 rings (SSSR count). The Labute approximate surface area is 172 Å². The molecule has 29 heavy (non-hydrogen) atoms. The number of hydrazone groups is 1. The van der Waals surface area contributed by atoms with Crippen molar-refractivity contribution in [3.63, 3.8) is 0 Å². The average molecular weight is 408 g/mol. The van der Waals surface area contributed by atoms with Gasteiger partial charge in [-0.3, -0.25) is 4.79 Å². The van der Waals surface area contributed by atoms with Gasteiger partial charge in [-0.1, -0.05) is 53.8 Å². The number of aromatic nitrogens is 1. The van der Waals surface area contributed by atoms with Gasteiger partial charge in [0, 0.05) is 18.7 Å². The van der Waals surface area contributed by atoms with Gasteiger partial charge in [-0.2, -0.15) is 5.10 Å². The molecule has 1 saturated heterocycles. The first-order valence-corrected chi connectivity index (χ1v) is 10.0. The number of morpholine rings is 1. The maximum atomic E-state index is 12.2. The number of hydrogen-bond acceptors (Lipinski definition) is 7. The highest BCUT2D eigenvalue weighted by molar-refractivity contribution is 7.17. The van der Waals surface area contributed by atoms with Gasteiger partial charge in [0.05, 0.1) is 35.6 Å². The number of hydrogen-bond donors (Lipinski definition) is 2. The topological polar surface area (TPSA) is 87.1 Å². The predicted molar refractivity (Wildman–Crippen MR) is 114 cm³/mol. The minimum absolute atomic E-state index is 0.0856. The van der Waals surface area contributed by atoms with Gasteiger partial charge in [-0.25, -0.2) is 10.4 Å². The predicted octanol–water partition coefficient (Wildman–Crippen LogP) is 3.12. The molecule has 1 aliphatic heterocycles. The lowest BCUT2D eigenvalue weighted by atomic mass is 10.1. The third kappa shape index (κ3) is 4.44. The van der Waals surface area contributed by atoms with E-state index in [4.69, 9.17) is 9.72 Å². The van der Waals surface area contributed by atoms with Gasteiger partial charge in [0.25, 0.3) is 5.91 Å². The molecule has 7 nitrogen and oxygen atoms in total. The molecule has 1 fully saturated rings. The highest BCUT2D eigenvalue weighted by atomic mass is 32.1. The molecule has 2 N–H and O–H groups in total. The summed E-state index contributed by atoms with van der Waals surface area (Å²) < 4.78 is 5.43. The van der Waals surface area contributed by atoms with E-state index in [-0.39, 0.29) is 11.3 Å². The molecule has 0 saturated carbocycles. The molecule has 148 valence electrons. The number of benzene rings is 2. The summed E-state index contributed by atoms with van der Waals surface area (Å²) in [6.45, 7) is 2.95. The zero-order chi connectivity index (χ0) is 20.1. The Bertz CT molecular complexity index is 1010. The number of carbonyl (C=O) groups is 1. The van der Waals surface area contributed by atoms with Crippen molar-refractivity contribution in [3.8, 4) is 17.0 Å². The first-order valence-electron chi connectivity index (χ1n) is 9.23. The molecule has 0 radical (unpaired) electrons. The molecule has 2 aromatic carbocycles. The number of thiazole rings is 1. The van der Waals surface area contributed by atoms with Crippen LogP contribution in [0, 0.1) is 0 Å². The third-order valence-corrected chi connectivity index (χ3v) is 5.52. The van der Waals surface area contributed by atoms with Crippen molar-refractivity contribution in [1.82, 2.24) is 10.4 Å². The summed E-state index contributed by atoms with van der Waals surface area (Å²) in [4.78, 5) is 20.1. The molecule has 3 aromatic rings. The van der Waals surface area contributed by atoms with E-state index >= 15 is 0 Å². The van der Waals surface area contributed by atoms with Crippen LogP contribution in [-0.4, -0.2) is 48.5 Å². The van der Waals surface area contributed by atoms with Crippen molar-refractivity contribution in [1.29, 1.82) is 0 Å². The number of nitrogens with zero attached hydrogens (tertiary/aromatic N) is 3. The summed E-state index contributed by atoms with van der Waals surface area (Å²) in [5, 5.41) is 14.8. The van der Waals surface area contributed by atoms with E-state index in [9.17, 15) is 9.90 Å². The highest BCUT2D eigenvalue weighted by Crippen LogP contribution is 2.32. The lowest BCUT2D eigenvalue weighted by Crippen LogP contribution is -2.36. The van der Waals surface area contributed by atoms with Gasteiger partial charge in [-0.15, -0.1) is 0 Å². The molecule has 0 spiro atoms. The van der Waals surface area contributed by atoms with E-state index < -0.39 is 5.91 Å². The van der Waals surface area contributed by atoms with Crippen LogP contribution < -0.4 is 10.3 Å². The molecule has 2 heterocycles. The van der Waals surface area contributed by atoms with Crippen molar-refractivity contribution in [2.75, 3.05) is 31.2 Å². The Balaban J connectivity index is 1.58. The minimum Gasteiger partial charge on any atom is -0.507 e. The second-order valence-corrected chi connectivity index (χ2v) is 7.40. The number of aromatic hydroxyl groups is 1. The first kappa shape index (κ1) is 19.1. The number of para-hydroxylation sites is 1. The number of carbonyl (C=O) groups excluding carboxylic acids is 1. The van der Waals surface area contributed by atoms with Gasteiger partial charge in [0.1, 0.15) is 5.75 Å². The van der Waals surface area contributed by atoms with Gasteiger partial charge in [0.2, 0.25) is 0 Å². The number of anilines is 1. The van der Waals surface area contributed by atoms with Crippen molar-refractivity contribution in [2.24, 2.45) is 5.10 Å². The van der Waals surface area contributed by atoms with Gasteiger partial charge >= 0.3 is 0 Å². The zero-order valence-corrected chi connectivity index (χ0v) is 16.4. The Hall–Kier alpha value is -3.23. The quantitative estimate of drug-likeness (QED) is 0.500. The Morgan fingerprint density at radius 1 is 1.14 bits per heavy atom. The Morgan fingerprint density at radius 2 is 1.86 bits per heavy atom. The molecule has 1 aromatic heterocycles. The monoisotopic (exact) mass is 408 g/mol. The maximum absolute atomic E-state index is 12.2. The van der Waals surface area contributed by atoms with E-state index in [0.29, 0.717) is 13.2 Å². The molecule has 0 aliphatic carbocycles. The summed E-state index contributed by atoms with van der Waals surface area (Å²) in [6, 6.07) is 16.2. The molecule has 8 heteroatoms.